The van der Waals surface area contributed by atoms with E-state index in [9.17, 15) is 4.79 Å². The standard InChI is InChI=1S/C30H43N3O6/c1-35-21-18-32(19-22-36-2)16-8-17-33-28-23-26(39-20-7-5-6-9-29(34)38-4)14-15-27(28)31-30(33)24-10-12-25(37-3)13-11-24/h10-15,23H,5-9,16-22H2,1-4H3. The minimum atomic E-state index is -0.164. The SMILES string of the molecule is COCCN(CCCn1c(-c2ccc(OC)cc2)nc2ccc(OCCCCCC(=O)OC)cc21)CCOC. The molecule has 0 aliphatic rings. The lowest BCUT2D eigenvalue weighted by Gasteiger charge is -2.22. The van der Waals surface area contributed by atoms with Crippen molar-refractivity contribution in [2.75, 3.05) is 67.9 Å². The van der Waals surface area contributed by atoms with Crippen LogP contribution in [0.25, 0.3) is 22.4 Å². The van der Waals surface area contributed by atoms with Crippen LogP contribution in [0.4, 0.5) is 0 Å². The van der Waals surface area contributed by atoms with Gasteiger partial charge in [0, 0.05) is 58.4 Å². The maximum absolute atomic E-state index is 11.3. The van der Waals surface area contributed by atoms with Crippen molar-refractivity contribution in [1.82, 2.24) is 14.5 Å². The fraction of sp³-hybridized carbons (Fsp3) is 0.533. The van der Waals surface area contributed by atoms with E-state index >= 15 is 0 Å². The predicted molar refractivity (Wildman–Crippen MR) is 153 cm³/mol. The highest BCUT2D eigenvalue weighted by Gasteiger charge is 2.15. The molecule has 9 nitrogen and oxygen atoms in total. The van der Waals surface area contributed by atoms with Crippen LogP contribution >= 0.6 is 0 Å². The lowest BCUT2D eigenvalue weighted by atomic mass is 10.2. The molecule has 9 heteroatoms. The first-order valence-corrected chi connectivity index (χ1v) is 13.6. The number of unbranched alkanes of at least 4 members (excludes halogenated alkanes) is 2. The largest absolute Gasteiger partial charge is 0.497 e. The van der Waals surface area contributed by atoms with Crippen LogP contribution in [-0.4, -0.2) is 88.3 Å². The first-order valence-electron chi connectivity index (χ1n) is 13.6. The van der Waals surface area contributed by atoms with Crippen molar-refractivity contribution in [3.63, 3.8) is 0 Å². The van der Waals surface area contributed by atoms with E-state index in [2.05, 4.69) is 15.5 Å². The third kappa shape index (κ3) is 9.53. The lowest BCUT2D eigenvalue weighted by Crippen LogP contribution is -2.32. The predicted octanol–water partition coefficient (Wildman–Crippen LogP) is 4.81. The van der Waals surface area contributed by atoms with Gasteiger partial charge in [-0.1, -0.05) is 0 Å². The van der Waals surface area contributed by atoms with Crippen molar-refractivity contribution in [2.24, 2.45) is 0 Å². The summed E-state index contributed by atoms with van der Waals surface area (Å²) >= 11 is 0. The van der Waals surface area contributed by atoms with Crippen molar-refractivity contribution in [2.45, 2.75) is 38.6 Å². The molecule has 3 rings (SSSR count). The average molecular weight is 542 g/mol. The van der Waals surface area contributed by atoms with Crippen LogP contribution in [0, 0.1) is 0 Å². The summed E-state index contributed by atoms with van der Waals surface area (Å²) in [5.74, 6) is 2.39. The zero-order chi connectivity index (χ0) is 27.9. The molecular weight excluding hydrogens is 498 g/mol. The lowest BCUT2D eigenvalue weighted by molar-refractivity contribution is -0.140. The van der Waals surface area contributed by atoms with Crippen molar-refractivity contribution in [3.8, 4) is 22.9 Å². The highest BCUT2D eigenvalue weighted by molar-refractivity contribution is 5.82. The Bertz CT molecular complexity index is 1120. The molecule has 0 bridgehead atoms. The van der Waals surface area contributed by atoms with E-state index in [4.69, 9.17) is 28.7 Å². The number of hydrogen-bond donors (Lipinski definition) is 0. The molecule has 0 atom stereocenters. The molecule has 0 spiro atoms. The van der Waals surface area contributed by atoms with Crippen LogP contribution in [0.15, 0.2) is 42.5 Å². The summed E-state index contributed by atoms with van der Waals surface area (Å²) in [6.07, 6.45) is 4.00. The normalized spacial score (nSPS) is 11.3. The number of carbonyl (C=O) groups excluding carboxylic acids is 1. The van der Waals surface area contributed by atoms with Gasteiger partial charge in [-0.15, -0.1) is 0 Å². The molecule has 39 heavy (non-hydrogen) atoms. The average Bonchev–Trinajstić information content (AvgIpc) is 3.33. The van der Waals surface area contributed by atoms with Crippen molar-refractivity contribution in [1.29, 1.82) is 0 Å². The summed E-state index contributed by atoms with van der Waals surface area (Å²) in [5, 5.41) is 0. The van der Waals surface area contributed by atoms with Crippen molar-refractivity contribution < 1.29 is 28.5 Å². The molecule has 214 valence electrons. The van der Waals surface area contributed by atoms with Gasteiger partial charge in [-0.3, -0.25) is 9.69 Å². The highest BCUT2D eigenvalue weighted by atomic mass is 16.5. The second-order valence-electron chi connectivity index (χ2n) is 9.38. The summed E-state index contributed by atoms with van der Waals surface area (Å²) in [4.78, 5) is 18.6. The number of esters is 1. The van der Waals surface area contributed by atoms with Gasteiger partial charge in [0.1, 0.15) is 17.3 Å². The van der Waals surface area contributed by atoms with E-state index in [-0.39, 0.29) is 5.97 Å². The Labute approximate surface area is 232 Å². The summed E-state index contributed by atoms with van der Waals surface area (Å²) < 4.78 is 29.0. The number of imidazole rings is 1. The molecule has 0 saturated carbocycles. The smallest absolute Gasteiger partial charge is 0.305 e. The van der Waals surface area contributed by atoms with E-state index in [0.29, 0.717) is 26.2 Å². The molecule has 0 saturated heterocycles. The number of carbonyl (C=O) groups is 1. The first-order chi connectivity index (χ1) is 19.1. The van der Waals surface area contributed by atoms with Gasteiger partial charge in [-0.05, 0) is 62.1 Å². The Hall–Kier alpha value is -3.14. The van der Waals surface area contributed by atoms with Crippen LogP contribution in [0.2, 0.25) is 0 Å². The second kappa shape index (κ2) is 16.7. The van der Waals surface area contributed by atoms with Crippen LogP contribution < -0.4 is 9.47 Å². The van der Waals surface area contributed by atoms with Crippen LogP contribution in [-0.2, 0) is 25.5 Å². The zero-order valence-electron chi connectivity index (χ0n) is 23.8. The molecule has 0 radical (unpaired) electrons. The molecule has 2 aromatic carbocycles. The summed E-state index contributed by atoms with van der Waals surface area (Å²) in [5.41, 5.74) is 3.02. The maximum Gasteiger partial charge on any atom is 0.305 e. The van der Waals surface area contributed by atoms with E-state index < -0.39 is 0 Å². The van der Waals surface area contributed by atoms with Gasteiger partial charge in [0.15, 0.2) is 0 Å². The van der Waals surface area contributed by atoms with Gasteiger partial charge in [-0.25, -0.2) is 4.98 Å². The van der Waals surface area contributed by atoms with E-state index in [1.165, 1.54) is 7.11 Å². The molecule has 0 aliphatic heterocycles. The zero-order valence-corrected chi connectivity index (χ0v) is 23.8. The van der Waals surface area contributed by atoms with Gasteiger partial charge in [0.05, 0.1) is 45.1 Å². The van der Waals surface area contributed by atoms with Crippen LogP contribution in [0.3, 0.4) is 0 Å². The fourth-order valence-electron chi connectivity index (χ4n) is 4.45. The van der Waals surface area contributed by atoms with Gasteiger partial charge in [-0.2, -0.15) is 0 Å². The summed E-state index contributed by atoms with van der Waals surface area (Å²) in [7, 11) is 6.56. The molecule has 0 fully saturated rings. The van der Waals surface area contributed by atoms with Crippen molar-refractivity contribution in [3.05, 3.63) is 42.5 Å². The molecule has 0 aliphatic carbocycles. The van der Waals surface area contributed by atoms with Gasteiger partial charge in [0.2, 0.25) is 0 Å². The van der Waals surface area contributed by atoms with Gasteiger partial charge in [0.25, 0.3) is 0 Å². The summed E-state index contributed by atoms with van der Waals surface area (Å²) in [6.45, 7) is 5.46. The summed E-state index contributed by atoms with van der Waals surface area (Å²) in [6, 6.07) is 14.1. The van der Waals surface area contributed by atoms with Crippen molar-refractivity contribution >= 4 is 17.0 Å². The number of aromatic nitrogens is 2. The van der Waals surface area contributed by atoms with Crippen LogP contribution in [0.5, 0.6) is 11.5 Å². The van der Waals surface area contributed by atoms with E-state index in [1.807, 2.05) is 36.4 Å². The van der Waals surface area contributed by atoms with E-state index in [1.54, 1.807) is 21.3 Å². The number of methoxy groups -OCH3 is 4. The topological polar surface area (TPSA) is 84.3 Å². The Morgan fingerprint density at radius 3 is 2.21 bits per heavy atom. The third-order valence-electron chi connectivity index (χ3n) is 6.67. The number of hydrogen-bond acceptors (Lipinski definition) is 8. The minimum absolute atomic E-state index is 0.164. The Kier molecular flexibility index (Phi) is 13.1. The molecule has 0 unspecified atom stereocenters. The number of rotatable bonds is 19. The fourth-order valence-corrected chi connectivity index (χ4v) is 4.45. The number of nitrogens with zero attached hydrogens (tertiary/aromatic N) is 3. The number of ether oxygens (including phenoxy) is 5. The van der Waals surface area contributed by atoms with Gasteiger partial charge >= 0.3 is 5.97 Å². The second-order valence-corrected chi connectivity index (χ2v) is 9.38. The first kappa shape index (κ1) is 30.4. The number of aryl methyl sites for hydroxylation is 1. The highest BCUT2D eigenvalue weighted by Crippen LogP contribution is 2.29. The quantitative estimate of drug-likeness (QED) is 0.158. The number of benzene rings is 2. The van der Waals surface area contributed by atoms with E-state index in [0.717, 1.165) is 85.8 Å². The monoisotopic (exact) mass is 541 g/mol. The molecule has 1 heterocycles. The molecule has 0 N–H and O–H groups in total. The van der Waals surface area contributed by atoms with Crippen LogP contribution in [0.1, 0.15) is 32.1 Å². The Morgan fingerprint density at radius 1 is 0.821 bits per heavy atom. The molecule has 3 aromatic rings. The molecule has 1 aromatic heterocycles. The minimum Gasteiger partial charge on any atom is -0.497 e. The van der Waals surface area contributed by atoms with Gasteiger partial charge < -0.3 is 28.3 Å². The maximum atomic E-state index is 11.3. The Balaban J connectivity index is 1.75. The Morgan fingerprint density at radius 2 is 1.54 bits per heavy atom. The number of fused-ring (bicyclic) bond motifs is 1. The third-order valence-corrected chi connectivity index (χ3v) is 6.67. The molecular formula is C30H43N3O6. The molecule has 0 amide bonds.